The average molecular weight is 162 g/mol. The van der Waals surface area contributed by atoms with E-state index in [1.807, 2.05) is 13.0 Å². The van der Waals surface area contributed by atoms with E-state index in [-0.39, 0.29) is 11.8 Å². The third-order valence-electron chi connectivity index (χ3n) is 2.21. The van der Waals surface area contributed by atoms with Crippen LogP contribution in [-0.4, -0.2) is 10.9 Å². The van der Waals surface area contributed by atoms with Crippen molar-refractivity contribution in [2.24, 2.45) is 0 Å². The van der Waals surface area contributed by atoms with Crippen molar-refractivity contribution in [3.63, 3.8) is 0 Å². The molecule has 1 unspecified atom stereocenters. The van der Waals surface area contributed by atoms with Crippen LogP contribution in [0.5, 0.6) is 0 Å². The van der Waals surface area contributed by atoms with E-state index in [0.717, 1.165) is 17.7 Å². The third kappa shape index (κ3) is 0.897. The summed E-state index contributed by atoms with van der Waals surface area (Å²) in [6.45, 7) is 2.01. The zero-order chi connectivity index (χ0) is 8.55. The predicted molar refractivity (Wildman–Crippen MR) is 45.9 cm³/mol. The van der Waals surface area contributed by atoms with Gasteiger partial charge in [-0.15, -0.1) is 0 Å². The summed E-state index contributed by atoms with van der Waals surface area (Å²) in [5, 5.41) is 2.80. The minimum atomic E-state index is 0.0306. The minimum absolute atomic E-state index is 0.0306. The Bertz CT molecular complexity index is 322. The van der Waals surface area contributed by atoms with E-state index < -0.39 is 0 Å². The standard InChI is InChI=1S/C9H10N2O/c1-2-6-7-3-4-10-5-8(7)11-9(6)12/h3-6H,2H2,1H3,(H,11,12). The monoisotopic (exact) mass is 162 g/mol. The molecule has 12 heavy (non-hydrogen) atoms. The lowest BCUT2D eigenvalue weighted by atomic mass is 10.00. The van der Waals surface area contributed by atoms with Gasteiger partial charge in [-0.1, -0.05) is 6.92 Å². The number of nitrogens with one attached hydrogen (secondary N) is 1. The summed E-state index contributed by atoms with van der Waals surface area (Å²) in [6, 6.07) is 1.90. The predicted octanol–water partition coefficient (Wildman–Crippen LogP) is 1.53. The van der Waals surface area contributed by atoms with Crippen LogP contribution in [0.15, 0.2) is 18.5 Å². The van der Waals surface area contributed by atoms with E-state index in [9.17, 15) is 4.79 Å². The van der Waals surface area contributed by atoms with Crippen LogP contribution in [0.3, 0.4) is 0 Å². The molecule has 1 aromatic heterocycles. The van der Waals surface area contributed by atoms with Crippen LogP contribution in [0, 0.1) is 0 Å². The molecule has 62 valence electrons. The zero-order valence-electron chi connectivity index (χ0n) is 6.87. The molecule has 1 aliphatic heterocycles. The molecular formula is C9H10N2O. The summed E-state index contributed by atoms with van der Waals surface area (Å²) in [4.78, 5) is 15.3. The Hall–Kier alpha value is -1.38. The van der Waals surface area contributed by atoms with Crippen molar-refractivity contribution in [2.45, 2.75) is 19.3 Å². The molecule has 1 atom stereocenters. The molecule has 0 saturated heterocycles. The van der Waals surface area contributed by atoms with Crippen molar-refractivity contribution < 1.29 is 4.79 Å². The van der Waals surface area contributed by atoms with Crippen LogP contribution in [0.1, 0.15) is 24.8 Å². The second kappa shape index (κ2) is 2.59. The number of nitrogens with zero attached hydrogens (tertiary/aromatic N) is 1. The van der Waals surface area contributed by atoms with E-state index in [2.05, 4.69) is 10.3 Å². The highest BCUT2D eigenvalue weighted by Gasteiger charge is 2.28. The Morgan fingerprint density at radius 3 is 3.25 bits per heavy atom. The summed E-state index contributed by atoms with van der Waals surface area (Å²) in [6.07, 6.45) is 4.27. The number of hydrogen-bond acceptors (Lipinski definition) is 2. The molecule has 0 spiro atoms. The van der Waals surface area contributed by atoms with Crippen LogP contribution in [0.2, 0.25) is 0 Å². The second-order valence-corrected chi connectivity index (χ2v) is 2.91. The summed E-state index contributed by atoms with van der Waals surface area (Å²) in [5.41, 5.74) is 1.95. The van der Waals surface area contributed by atoms with Gasteiger partial charge in [0, 0.05) is 6.20 Å². The van der Waals surface area contributed by atoms with Crippen LogP contribution < -0.4 is 5.32 Å². The maximum Gasteiger partial charge on any atom is 0.232 e. The van der Waals surface area contributed by atoms with Gasteiger partial charge in [-0.2, -0.15) is 0 Å². The van der Waals surface area contributed by atoms with Crippen molar-refractivity contribution in [3.05, 3.63) is 24.0 Å². The minimum Gasteiger partial charge on any atom is -0.324 e. The molecule has 2 rings (SSSR count). The van der Waals surface area contributed by atoms with Gasteiger partial charge in [0.1, 0.15) is 0 Å². The van der Waals surface area contributed by atoms with Gasteiger partial charge in [0.25, 0.3) is 0 Å². The molecule has 1 N–H and O–H groups in total. The number of carbonyl (C=O) groups is 1. The molecule has 0 aromatic carbocycles. The SMILES string of the molecule is CCC1C(=O)Nc2cnccc21. The summed E-state index contributed by atoms with van der Waals surface area (Å²) >= 11 is 0. The van der Waals surface area contributed by atoms with Gasteiger partial charge in [-0.25, -0.2) is 0 Å². The van der Waals surface area contributed by atoms with Crippen molar-refractivity contribution in [1.82, 2.24) is 4.98 Å². The largest absolute Gasteiger partial charge is 0.324 e. The van der Waals surface area contributed by atoms with Crippen molar-refractivity contribution in [2.75, 3.05) is 5.32 Å². The van der Waals surface area contributed by atoms with Crippen LogP contribution in [0.4, 0.5) is 5.69 Å². The van der Waals surface area contributed by atoms with Gasteiger partial charge in [-0.3, -0.25) is 9.78 Å². The van der Waals surface area contributed by atoms with E-state index in [4.69, 9.17) is 0 Å². The average Bonchev–Trinajstić information content (AvgIpc) is 2.40. The van der Waals surface area contributed by atoms with E-state index in [0.29, 0.717) is 0 Å². The topological polar surface area (TPSA) is 42.0 Å². The molecule has 3 nitrogen and oxygen atoms in total. The summed E-state index contributed by atoms with van der Waals surface area (Å²) in [7, 11) is 0. The number of aromatic nitrogens is 1. The number of amides is 1. The van der Waals surface area contributed by atoms with Gasteiger partial charge in [0.05, 0.1) is 17.8 Å². The smallest absolute Gasteiger partial charge is 0.232 e. The molecule has 0 aliphatic carbocycles. The lowest BCUT2D eigenvalue weighted by Gasteiger charge is -2.02. The highest BCUT2D eigenvalue weighted by molar-refractivity contribution is 6.02. The second-order valence-electron chi connectivity index (χ2n) is 2.91. The first-order chi connectivity index (χ1) is 5.83. The zero-order valence-corrected chi connectivity index (χ0v) is 6.87. The lowest BCUT2D eigenvalue weighted by Crippen LogP contribution is -2.10. The van der Waals surface area contributed by atoms with Crippen molar-refractivity contribution in [3.8, 4) is 0 Å². The maximum absolute atomic E-state index is 11.3. The van der Waals surface area contributed by atoms with Gasteiger partial charge in [0.2, 0.25) is 5.91 Å². The van der Waals surface area contributed by atoms with Crippen molar-refractivity contribution in [1.29, 1.82) is 0 Å². The third-order valence-corrected chi connectivity index (χ3v) is 2.21. The van der Waals surface area contributed by atoms with E-state index >= 15 is 0 Å². The number of anilines is 1. The molecule has 1 aliphatic rings. The Morgan fingerprint density at radius 2 is 2.50 bits per heavy atom. The van der Waals surface area contributed by atoms with Crippen LogP contribution in [0.25, 0.3) is 0 Å². The molecule has 0 bridgehead atoms. The van der Waals surface area contributed by atoms with E-state index in [1.165, 1.54) is 0 Å². The van der Waals surface area contributed by atoms with Gasteiger partial charge >= 0.3 is 0 Å². The first-order valence-electron chi connectivity index (χ1n) is 4.07. The van der Waals surface area contributed by atoms with Crippen molar-refractivity contribution >= 4 is 11.6 Å². The molecule has 1 aromatic rings. The fourth-order valence-electron chi connectivity index (χ4n) is 1.58. The summed E-state index contributed by atoms with van der Waals surface area (Å²) in [5.74, 6) is 0.128. The Balaban J connectivity index is 2.47. The summed E-state index contributed by atoms with van der Waals surface area (Å²) < 4.78 is 0. The number of carbonyl (C=O) groups excluding carboxylic acids is 1. The number of hydrogen-bond donors (Lipinski definition) is 1. The molecule has 0 saturated carbocycles. The van der Waals surface area contributed by atoms with Gasteiger partial charge in [-0.05, 0) is 18.1 Å². The Labute approximate surface area is 70.8 Å². The van der Waals surface area contributed by atoms with Gasteiger partial charge in [0.15, 0.2) is 0 Å². The number of pyridine rings is 1. The normalized spacial score (nSPS) is 20.4. The lowest BCUT2D eigenvalue weighted by molar-refractivity contribution is -0.117. The Kier molecular flexibility index (Phi) is 1.57. The molecule has 0 radical (unpaired) electrons. The quantitative estimate of drug-likeness (QED) is 0.680. The number of fused-ring (bicyclic) bond motifs is 1. The van der Waals surface area contributed by atoms with E-state index in [1.54, 1.807) is 12.4 Å². The number of rotatable bonds is 1. The molecule has 3 heteroatoms. The highest BCUT2D eigenvalue weighted by Crippen LogP contribution is 2.32. The highest BCUT2D eigenvalue weighted by atomic mass is 16.2. The maximum atomic E-state index is 11.3. The Morgan fingerprint density at radius 1 is 1.67 bits per heavy atom. The molecule has 2 heterocycles. The first kappa shape index (κ1) is 7.28. The molecule has 0 fully saturated rings. The fourth-order valence-corrected chi connectivity index (χ4v) is 1.58. The fraction of sp³-hybridized carbons (Fsp3) is 0.333. The molecular weight excluding hydrogens is 152 g/mol. The van der Waals surface area contributed by atoms with Crippen LogP contribution in [-0.2, 0) is 4.79 Å². The molecule has 1 amide bonds. The first-order valence-corrected chi connectivity index (χ1v) is 4.07. The van der Waals surface area contributed by atoms with Crippen LogP contribution >= 0.6 is 0 Å². The van der Waals surface area contributed by atoms with Gasteiger partial charge < -0.3 is 5.32 Å².